The molecule has 2 fully saturated rings. The topological polar surface area (TPSA) is 59.7 Å². The van der Waals surface area contributed by atoms with E-state index in [1.165, 1.54) is 24.0 Å². The summed E-state index contributed by atoms with van der Waals surface area (Å²) in [6.07, 6.45) is 10.9. The first-order valence-electron chi connectivity index (χ1n) is 10.0. The Morgan fingerprint density at radius 3 is 1.50 bits per heavy atom. The number of aromatic nitrogens is 4. The van der Waals surface area contributed by atoms with Crippen LogP contribution in [0, 0.1) is 0 Å². The lowest BCUT2D eigenvalue weighted by Crippen LogP contribution is -2.07. The standard InChI is InChI=1S/2C10H17N3/c2*1-8(2)13-7-10(6-12-13)9-3-4-11-5-9/h2*6-9,11H,3-5H2,1-2H3/t2*9-/m10/s1. The van der Waals surface area contributed by atoms with E-state index in [4.69, 9.17) is 0 Å². The fraction of sp³-hybridized carbons (Fsp3) is 0.700. The second-order valence-electron chi connectivity index (χ2n) is 8.07. The summed E-state index contributed by atoms with van der Waals surface area (Å²) >= 11 is 0. The summed E-state index contributed by atoms with van der Waals surface area (Å²) in [5.41, 5.74) is 2.78. The molecule has 6 nitrogen and oxygen atoms in total. The van der Waals surface area contributed by atoms with Crippen molar-refractivity contribution in [3.05, 3.63) is 35.9 Å². The highest BCUT2D eigenvalue weighted by Crippen LogP contribution is 2.23. The summed E-state index contributed by atoms with van der Waals surface area (Å²) in [5, 5.41) is 15.4. The zero-order chi connectivity index (χ0) is 18.5. The third kappa shape index (κ3) is 4.74. The zero-order valence-corrected chi connectivity index (χ0v) is 16.7. The monoisotopic (exact) mass is 358 g/mol. The van der Waals surface area contributed by atoms with Gasteiger partial charge in [0.25, 0.3) is 0 Å². The summed E-state index contributed by atoms with van der Waals surface area (Å²) in [6, 6.07) is 0.950. The van der Waals surface area contributed by atoms with Gasteiger partial charge in [-0.1, -0.05) is 0 Å². The molecule has 2 aromatic rings. The van der Waals surface area contributed by atoms with Gasteiger partial charge in [0, 0.05) is 49.4 Å². The molecule has 0 radical (unpaired) electrons. The van der Waals surface area contributed by atoms with Crippen molar-refractivity contribution in [2.75, 3.05) is 26.2 Å². The first-order valence-corrected chi connectivity index (χ1v) is 10.0. The van der Waals surface area contributed by atoms with E-state index in [1.54, 1.807) is 0 Å². The molecule has 0 amide bonds. The lowest BCUT2D eigenvalue weighted by Gasteiger charge is -2.05. The molecule has 4 heterocycles. The van der Waals surface area contributed by atoms with Crippen molar-refractivity contribution in [2.45, 2.75) is 64.5 Å². The minimum Gasteiger partial charge on any atom is -0.316 e. The van der Waals surface area contributed by atoms with E-state index in [-0.39, 0.29) is 0 Å². The lowest BCUT2D eigenvalue weighted by atomic mass is 10.0. The van der Waals surface area contributed by atoms with Gasteiger partial charge in [0.15, 0.2) is 0 Å². The van der Waals surface area contributed by atoms with E-state index in [1.807, 2.05) is 21.8 Å². The second-order valence-corrected chi connectivity index (χ2v) is 8.07. The molecule has 2 saturated heterocycles. The Morgan fingerprint density at radius 1 is 0.808 bits per heavy atom. The first kappa shape index (κ1) is 19.1. The summed E-state index contributed by atoms with van der Waals surface area (Å²) in [5.74, 6) is 1.37. The van der Waals surface area contributed by atoms with E-state index in [0.717, 1.165) is 26.2 Å². The van der Waals surface area contributed by atoms with Gasteiger partial charge in [0.1, 0.15) is 0 Å². The molecular formula is C20H34N6. The largest absolute Gasteiger partial charge is 0.316 e. The third-order valence-electron chi connectivity index (χ3n) is 5.36. The van der Waals surface area contributed by atoms with Crippen molar-refractivity contribution in [3.8, 4) is 0 Å². The predicted molar refractivity (Wildman–Crippen MR) is 106 cm³/mol. The molecule has 144 valence electrons. The summed E-state index contributed by atoms with van der Waals surface area (Å²) < 4.78 is 4.07. The van der Waals surface area contributed by atoms with Crippen molar-refractivity contribution in [1.82, 2.24) is 30.2 Å². The maximum Gasteiger partial charge on any atom is 0.0525 e. The van der Waals surface area contributed by atoms with Crippen LogP contribution in [0.1, 0.15) is 75.6 Å². The van der Waals surface area contributed by atoms with Gasteiger partial charge in [-0.15, -0.1) is 0 Å². The summed E-state index contributed by atoms with van der Waals surface area (Å²) in [4.78, 5) is 0. The Labute approximate surface area is 157 Å². The van der Waals surface area contributed by atoms with Crippen LogP contribution in [0.3, 0.4) is 0 Å². The van der Waals surface area contributed by atoms with Crippen LogP contribution in [-0.2, 0) is 0 Å². The normalized spacial score (nSPS) is 22.8. The van der Waals surface area contributed by atoms with E-state index >= 15 is 0 Å². The van der Waals surface area contributed by atoms with Gasteiger partial charge in [0.2, 0.25) is 0 Å². The number of nitrogens with zero attached hydrogens (tertiary/aromatic N) is 4. The van der Waals surface area contributed by atoms with Crippen molar-refractivity contribution in [3.63, 3.8) is 0 Å². The van der Waals surface area contributed by atoms with Crippen molar-refractivity contribution in [1.29, 1.82) is 0 Å². The van der Waals surface area contributed by atoms with Crippen LogP contribution in [0.15, 0.2) is 24.8 Å². The van der Waals surface area contributed by atoms with Gasteiger partial charge in [0.05, 0.1) is 12.4 Å². The minimum atomic E-state index is 0.475. The van der Waals surface area contributed by atoms with Crippen LogP contribution in [0.5, 0.6) is 0 Å². The van der Waals surface area contributed by atoms with Gasteiger partial charge in [-0.3, -0.25) is 9.36 Å². The number of nitrogens with one attached hydrogen (secondary N) is 2. The highest BCUT2D eigenvalue weighted by atomic mass is 15.3. The molecule has 2 N–H and O–H groups in total. The lowest BCUT2D eigenvalue weighted by molar-refractivity contribution is 0.531. The van der Waals surface area contributed by atoms with E-state index < -0.39 is 0 Å². The van der Waals surface area contributed by atoms with Crippen molar-refractivity contribution >= 4 is 0 Å². The summed E-state index contributed by atoms with van der Waals surface area (Å²) in [7, 11) is 0. The van der Waals surface area contributed by atoms with Gasteiger partial charge in [-0.2, -0.15) is 10.2 Å². The van der Waals surface area contributed by atoms with Crippen LogP contribution < -0.4 is 10.6 Å². The summed E-state index contributed by atoms with van der Waals surface area (Å²) in [6.45, 7) is 13.2. The molecule has 0 bridgehead atoms. The van der Waals surface area contributed by atoms with Crippen LogP contribution in [0.2, 0.25) is 0 Å². The quantitative estimate of drug-likeness (QED) is 0.882. The molecule has 6 heteroatoms. The smallest absolute Gasteiger partial charge is 0.0525 e. The minimum absolute atomic E-state index is 0.475. The highest BCUT2D eigenvalue weighted by molar-refractivity contribution is 5.14. The Balaban J connectivity index is 0.000000151. The molecule has 26 heavy (non-hydrogen) atoms. The molecule has 2 aliphatic heterocycles. The molecule has 2 aromatic heterocycles. The van der Waals surface area contributed by atoms with Gasteiger partial charge in [-0.05, 0) is 64.8 Å². The van der Waals surface area contributed by atoms with Crippen LogP contribution >= 0.6 is 0 Å². The Hall–Kier alpha value is -1.66. The van der Waals surface area contributed by atoms with Gasteiger partial charge < -0.3 is 10.6 Å². The second kappa shape index (κ2) is 8.82. The SMILES string of the molecule is CC(C)n1cc([C@@H]2CCNC2)cn1.CC(C)n1cc([C@H]2CCNC2)cn1. The van der Waals surface area contributed by atoms with E-state index in [9.17, 15) is 0 Å². The maximum atomic E-state index is 4.35. The number of hydrogen-bond acceptors (Lipinski definition) is 4. The molecule has 0 saturated carbocycles. The average Bonchev–Trinajstić information content (AvgIpc) is 3.44. The molecule has 2 aliphatic rings. The molecule has 0 spiro atoms. The Morgan fingerprint density at radius 2 is 1.23 bits per heavy atom. The molecule has 0 aromatic carbocycles. The third-order valence-corrected chi connectivity index (χ3v) is 5.36. The van der Waals surface area contributed by atoms with Crippen LogP contribution in [0.4, 0.5) is 0 Å². The fourth-order valence-corrected chi connectivity index (χ4v) is 3.57. The highest BCUT2D eigenvalue weighted by Gasteiger charge is 2.19. The molecule has 0 aliphatic carbocycles. The Bertz CT molecular complexity index is 601. The van der Waals surface area contributed by atoms with Crippen molar-refractivity contribution in [2.24, 2.45) is 0 Å². The van der Waals surface area contributed by atoms with E-state index in [2.05, 4.69) is 60.9 Å². The number of rotatable bonds is 4. The average molecular weight is 359 g/mol. The number of hydrogen-bond donors (Lipinski definition) is 2. The first-order chi connectivity index (χ1) is 12.5. The van der Waals surface area contributed by atoms with Crippen LogP contribution in [0.25, 0.3) is 0 Å². The molecule has 2 atom stereocenters. The maximum absolute atomic E-state index is 4.35. The zero-order valence-electron chi connectivity index (χ0n) is 16.7. The Kier molecular flexibility index (Phi) is 6.48. The van der Waals surface area contributed by atoms with Crippen molar-refractivity contribution < 1.29 is 0 Å². The van der Waals surface area contributed by atoms with Gasteiger partial charge in [-0.25, -0.2) is 0 Å². The van der Waals surface area contributed by atoms with Gasteiger partial charge >= 0.3 is 0 Å². The fourth-order valence-electron chi connectivity index (χ4n) is 3.57. The molecule has 0 unspecified atom stereocenters. The predicted octanol–water partition coefficient (Wildman–Crippen LogP) is 3.08. The van der Waals surface area contributed by atoms with E-state index in [0.29, 0.717) is 23.9 Å². The molecule has 4 rings (SSSR count). The van der Waals surface area contributed by atoms with Crippen LogP contribution in [-0.4, -0.2) is 45.7 Å². The molecular weight excluding hydrogens is 324 g/mol.